The quantitative estimate of drug-likeness (QED) is 0.756. The highest BCUT2D eigenvalue weighted by atomic mass is 79.9. The van der Waals surface area contributed by atoms with E-state index in [1.165, 1.54) is 0 Å². The fourth-order valence-electron chi connectivity index (χ4n) is 1.30. The fraction of sp³-hybridized carbons (Fsp3) is 0. The van der Waals surface area contributed by atoms with Gasteiger partial charge in [0.2, 0.25) is 0 Å². The molecule has 15 heavy (non-hydrogen) atoms. The van der Waals surface area contributed by atoms with E-state index in [1.54, 1.807) is 0 Å². The summed E-state index contributed by atoms with van der Waals surface area (Å²) in [5.74, 6) is -1.45. The van der Waals surface area contributed by atoms with Gasteiger partial charge in [-0.05, 0) is 15.9 Å². The molecule has 0 unspecified atom stereocenters. The van der Waals surface area contributed by atoms with Crippen LogP contribution in [0.2, 0.25) is 0 Å². The number of halogens is 3. The van der Waals surface area contributed by atoms with Gasteiger partial charge in [0, 0.05) is 11.5 Å². The van der Waals surface area contributed by atoms with Gasteiger partial charge in [-0.15, -0.1) is 11.3 Å². The van der Waals surface area contributed by atoms with E-state index < -0.39 is 11.6 Å². The number of nitriles is 1. The number of nitrogens with two attached hydrogens (primary N) is 1. The molecule has 2 aromatic rings. The lowest BCUT2D eigenvalue weighted by Crippen LogP contribution is -1.86. The SMILES string of the molecule is N#Cc1c(N)sc2c(F)cc(F)c(Br)c12. The first-order valence-electron chi connectivity index (χ1n) is 3.81. The molecule has 0 radical (unpaired) electrons. The Morgan fingerprint density at radius 2 is 2.07 bits per heavy atom. The number of hydrogen-bond donors (Lipinski definition) is 1. The Balaban J connectivity index is 3.06. The summed E-state index contributed by atoms with van der Waals surface area (Å²) in [5.41, 5.74) is 5.65. The van der Waals surface area contributed by atoms with Gasteiger partial charge in [0.15, 0.2) is 0 Å². The second-order valence-corrected chi connectivity index (χ2v) is 4.66. The molecular formula is C9H3BrF2N2S. The van der Waals surface area contributed by atoms with Gasteiger partial charge >= 0.3 is 0 Å². The lowest BCUT2D eigenvalue weighted by atomic mass is 10.2. The van der Waals surface area contributed by atoms with Crippen molar-refractivity contribution in [2.45, 2.75) is 0 Å². The van der Waals surface area contributed by atoms with E-state index in [-0.39, 0.29) is 25.1 Å². The maximum absolute atomic E-state index is 13.3. The van der Waals surface area contributed by atoms with Gasteiger partial charge in [-0.25, -0.2) is 8.78 Å². The highest BCUT2D eigenvalue weighted by molar-refractivity contribution is 9.10. The topological polar surface area (TPSA) is 49.8 Å². The smallest absolute Gasteiger partial charge is 0.144 e. The lowest BCUT2D eigenvalue weighted by molar-refractivity contribution is 0.589. The third-order valence-electron chi connectivity index (χ3n) is 1.95. The molecule has 0 bridgehead atoms. The minimum atomic E-state index is -0.741. The number of rotatable bonds is 0. The third-order valence-corrected chi connectivity index (χ3v) is 3.75. The molecule has 76 valence electrons. The summed E-state index contributed by atoms with van der Waals surface area (Å²) in [7, 11) is 0. The van der Waals surface area contributed by atoms with Crippen LogP contribution in [-0.4, -0.2) is 0 Å². The van der Waals surface area contributed by atoms with Crippen LogP contribution in [0.25, 0.3) is 10.1 Å². The summed E-state index contributed by atoms with van der Waals surface area (Å²) in [6, 6.07) is 2.60. The van der Waals surface area contributed by atoms with Crippen molar-refractivity contribution in [3.05, 3.63) is 27.7 Å². The summed E-state index contributed by atoms with van der Waals surface area (Å²) < 4.78 is 26.8. The standard InChI is InChI=1S/C9H3BrF2N2S/c10-7-4(11)1-5(12)8-6(7)3(2-13)9(14)15-8/h1H,14H2. The number of hydrogen-bond acceptors (Lipinski definition) is 3. The van der Waals surface area contributed by atoms with E-state index in [2.05, 4.69) is 15.9 Å². The molecule has 0 spiro atoms. The van der Waals surface area contributed by atoms with Crippen LogP contribution in [0.3, 0.4) is 0 Å². The number of benzene rings is 1. The molecule has 2 nitrogen and oxygen atoms in total. The van der Waals surface area contributed by atoms with E-state index in [0.29, 0.717) is 0 Å². The molecule has 0 aliphatic heterocycles. The molecule has 2 rings (SSSR count). The highest BCUT2D eigenvalue weighted by Gasteiger charge is 2.18. The zero-order valence-electron chi connectivity index (χ0n) is 7.14. The first-order valence-corrected chi connectivity index (χ1v) is 5.42. The van der Waals surface area contributed by atoms with Gasteiger partial charge in [-0.1, -0.05) is 0 Å². The molecule has 1 heterocycles. The first-order chi connectivity index (χ1) is 7.06. The highest BCUT2D eigenvalue weighted by Crippen LogP contribution is 2.40. The van der Waals surface area contributed by atoms with Gasteiger partial charge in [0.25, 0.3) is 0 Å². The second kappa shape index (κ2) is 3.43. The summed E-state index contributed by atoms with van der Waals surface area (Å²) in [6.07, 6.45) is 0. The van der Waals surface area contributed by atoms with E-state index in [1.807, 2.05) is 6.07 Å². The Morgan fingerprint density at radius 3 is 2.67 bits per heavy atom. The number of nitrogen functional groups attached to an aromatic ring is 1. The van der Waals surface area contributed by atoms with E-state index in [0.717, 1.165) is 17.4 Å². The molecule has 0 saturated heterocycles. The van der Waals surface area contributed by atoms with Crippen molar-refractivity contribution in [3.8, 4) is 6.07 Å². The Labute approximate surface area is 96.0 Å². The van der Waals surface area contributed by atoms with Crippen molar-refractivity contribution in [1.29, 1.82) is 5.26 Å². The Kier molecular flexibility index (Phi) is 2.37. The van der Waals surface area contributed by atoms with Crippen LogP contribution in [0.4, 0.5) is 13.8 Å². The number of nitrogens with zero attached hydrogens (tertiary/aromatic N) is 1. The van der Waals surface area contributed by atoms with Gasteiger partial charge in [-0.2, -0.15) is 5.26 Å². The van der Waals surface area contributed by atoms with Crippen molar-refractivity contribution < 1.29 is 8.78 Å². The van der Waals surface area contributed by atoms with Gasteiger partial charge in [-0.3, -0.25) is 0 Å². The molecule has 0 aliphatic carbocycles. The number of anilines is 1. The van der Waals surface area contributed by atoms with Crippen LogP contribution in [0.15, 0.2) is 10.5 Å². The average Bonchev–Trinajstić information content (AvgIpc) is 2.52. The number of thiophene rings is 1. The summed E-state index contributed by atoms with van der Waals surface area (Å²) >= 11 is 3.91. The van der Waals surface area contributed by atoms with Crippen molar-refractivity contribution >= 4 is 42.4 Å². The average molecular weight is 289 g/mol. The Morgan fingerprint density at radius 1 is 1.40 bits per heavy atom. The molecule has 0 saturated carbocycles. The zero-order chi connectivity index (χ0) is 11.2. The monoisotopic (exact) mass is 288 g/mol. The Bertz CT molecular complexity index is 600. The van der Waals surface area contributed by atoms with Crippen molar-refractivity contribution in [3.63, 3.8) is 0 Å². The minimum Gasteiger partial charge on any atom is -0.389 e. The summed E-state index contributed by atoms with van der Waals surface area (Å²) in [5, 5.41) is 9.22. The molecule has 0 fully saturated rings. The third kappa shape index (κ3) is 1.39. The van der Waals surface area contributed by atoms with Crippen LogP contribution in [-0.2, 0) is 0 Å². The molecule has 0 aliphatic rings. The van der Waals surface area contributed by atoms with E-state index in [9.17, 15) is 8.78 Å². The number of fused-ring (bicyclic) bond motifs is 1. The summed E-state index contributed by atoms with van der Waals surface area (Å²) in [6.45, 7) is 0. The largest absolute Gasteiger partial charge is 0.389 e. The molecule has 0 amide bonds. The lowest BCUT2D eigenvalue weighted by Gasteiger charge is -1.98. The zero-order valence-corrected chi connectivity index (χ0v) is 9.55. The van der Waals surface area contributed by atoms with E-state index >= 15 is 0 Å². The molecule has 2 N–H and O–H groups in total. The second-order valence-electron chi connectivity index (χ2n) is 2.81. The maximum Gasteiger partial charge on any atom is 0.144 e. The Hall–Kier alpha value is -1.19. The van der Waals surface area contributed by atoms with Crippen LogP contribution in [0.1, 0.15) is 5.56 Å². The fourth-order valence-corrected chi connectivity index (χ4v) is 2.87. The first kappa shape index (κ1) is 10.3. The van der Waals surface area contributed by atoms with E-state index in [4.69, 9.17) is 11.0 Å². The van der Waals surface area contributed by atoms with Crippen LogP contribution >= 0.6 is 27.3 Å². The molecule has 1 aromatic heterocycles. The van der Waals surface area contributed by atoms with Gasteiger partial charge < -0.3 is 5.73 Å². The van der Waals surface area contributed by atoms with Crippen LogP contribution in [0.5, 0.6) is 0 Å². The normalized spacial score (nSPS) is 10.5. The molecule has 0 atom stereocenters. The molecule has 1 aromatic carbocycles. The van der Waals surface area contributed by atoms with Crippen LogP contribution < -0.4 is 5.73 Å². The van der Waals surface area contributed by atoms with Crippen molar-refractivity contribution in [2.75, 3.05) is 5.73 Å². The predicted octanol–water partition coefficient (Wildman–Crippen LogP) is 3.40. The molecule has 6 heteroatoms. The maximum atomic E-state index is 13.3. The predicted molar refractivity (Wildman–Crippen MR) is 58.6 cm³/mol. The van der Waals surface area contributed by atoms with Gasteiger partial charge in [0.05, 0.1) is 14.7 Å². The minimum absolute atomic E-state index is 0.0726. The summed E-state index contributed by atoms with van der Waals surface area (Å²) in [4.78, 5) is 0. The van der Waals surface area contributed by atoms with Crippen LogP contribution in [0, 0.1) is 23.0 Å². The van der Waals surface area contributed by atoms with Crippen molar-refractivity contribution in [2.24, 2.45) is 0 Å². The van der Waals surface area contributed by atoms with Gasteiger partial charge in [0.1, 0.15) is 22.7 Å². The van der Waals surface area contributed by atoms with Crippen molar-refractivity contribution in [1.82, 2.24) is 0 Å². The molecular weight excluding hydrogens is 286 g/mol.